The van der Waals surface area contributed by atoms with E-state index in [1.807, 2.05) is 25.1 Å². The molecule has 0 saturated carbocycles. The summed E-state index contributed by atoms with van der Waals surface area (Å²) in [6, 6.07) is 8.48. The highest BCUT2D eigenvalue weighted by Gasteiger charge is 2.21. The second kappa shape index (κ2) is 3.92. The third-order valence-electron chi connectivity index (χ3n) is 2.84. The van der Waals surface area contributed by atoms with Crippen molar-refractivity contribution in [3.05, 3.63) is 29.3 Å². The maximum atomic E-state index is 9.06. The van der Waals surface area contributed by atoms with E-state index in [1.165, 1.54) is 0 Å². The number of hydrogen-bond donors (Lipinski definition) is 1. The zero-order chi connectivity index (χ0) is 10.8. The second-order valence-electron chi connectivity index (χ2n) is 4.13. The fourth-order valence-corrected chi connectivity index (χ4v) is 2.02. The number of nitriles is 1. The number of hydrogen-bond acceptors (Lipinski definition) is 3. The molecule has 0 bridgehead atoms. The number of aryl methyl sites for hydroxylation is 1. The average Bonchev–Trinajstić information content (AvgIpc) is 2.64. The maximum Gasteiger partial charge on any atom is 0.101 e. The van der Waals surface area contributed by atoms with Crippen LogP contribution in [0.4, 0.5) is 5.69 Å². The normalized spacial score (nSPS) is 20.3. The summed E-state index contributed by atoms with van der Waals surface area (Å²) in [5.74, 6) is 0. The summed E-state index contributed by atoms with van der Waals surface area (Å²) in [7, 11) is 0. The SMILES string of the molecule is Cc1ccc(N2CCC(N)C2)c(C#N)c1. The van der Waals surface area contributed by atoms with Crippen LogP contribution in [0.15, 0.2) is 18.2 Å². The third kappa shape index (κ3) is 1.95. The van der Waals surface area contributed by atoms with Crippen molar-refractivity contribution in [3.8, 4) is 6.07 Å². The van der Waals surface area contributed by atoms with Crippen molar-refractivity contribution in [2.45, 2.75) is 19.4 Å². The van der Waals surface area contributed by atoms with Crippen molar-refractivity contribution in [2.75, 3.05) is 18.0 Å². The molecule has 0 spiro atoms. The van der Waals surface area contributed by atoms with Gasteiger partial charge < -0.3 is 10.6 Å². The van der Waals surface area contributed by atoms with Gasteiger partial charge in [0, 0.05) is 19.1 Å². The molecule has 1 fully saturated rings. The van der Waals surface area contributed by atoms with E-state index in [4.69, 9.17) is 11.0 Å². The van der Waals surface area contributed by atoms with Gasteiger partial charge in [-0.15, -0.1) is 0 Å². The Morgan fingerprint density at radius 2 is 2.33 bits per heavy atom. The molecule has 1 aliphatic rings. The molecule has 3 heteroatoms. The first-order chi connectivity index (χ1) is 7.20. The molecule has 15 heavy (non-hydrogen) atoms. The fraction of sp³-hybridized carbons (Fsp3) is 0.417. The first-order valence-electron chi connectivity index (χ1n) is 5.22. The zero-order valence-electron chi connectivity index (χ0n) is 8.90. The van der Waals surface area contributed by atoms with E-state index in [0.717, 1.165) is 36.3 Å². The zero-order valence-corrected chi connectivity index (χ0v) is 8.90. The molecule has 1 atom stereocenters. The number of rotatable bonds is 1. The number of nitrogens with two attached hydrogens (primary N) is 1. The summed E-state index contributed by atoms with van der Waals surface area (Å²) in [4.78, 5) is 2.20. The second-order valence-corrected chi connectivity index (χ2v) is 4.13. The Morgan fingerprint density at radius 1 is 1.53 bits per heavy atom. The summed E-state index contributed by atoms with van der Waals surface area (Å²) in [5, 5.41) is 9.06. The van der Waals surface area contributed by atoms with Crippen LogP contribution in [0.5, 0.6) is 0 Å². The molecule has 0 radical (unpaired) electrons. The van der Waals surface area contributed by atoms with Gasteiger partial charge in [-0.1, -0.05) is 6.07 Å². The Labute approximate surface area is 90.1 Å². The molecule has 78 valence electrons. The first kappa shape index (κ1) is 10.0. The van der Waals surface area contributed by atoms with Crippen LogP contribution in [0.2, 0.25) is 0 Å². The predicted octanol–water partition coefficient (Wildman–Crippen LogP) is 1.40. The largest absolute Gasteiger partial charge is 0.369 e. The number of anilines is 1. The lowest BCUT2D eigenvalue weighted by Crippen LogP contribution is -2.26. The Kier molecular flexibility index (Phi) is 2.61. The molecular formula is C12H15N3. The van der Waals surface area contributed by atoms with Crippen LogP contribution in [0.3, 0.4) is 0 Å². The van der Waals surface area contributed by atoms with E-state index < -0.39 is 0 Å². The molecule has 0 aromatic heterocycles. The van der Waals surface area contributed by atoms with Gasteiger partial charge in [0.1, 0.15) is 6.07 Å². The van der Waals surface area contributed by atoms with Crippen molar-refractivity contribution in [2.24, 2.45) is 5.73 Å². The highest BCUT2D eigenvalue weighted by molar-refractivity contribution is 5.61. The maximum absolute atomic E-state index is 9.06. The smallest absolute Gasteiger partial charge is 0.101 e. The molecule has 1 saturated heterocycles. The minimum atomic E-state index is 0.248. The summed E-state index contributed by atoms with van der Waals surface area (Å²) in [6.07, 6.45) is 1.01. The van der Waals surface area contributed by atoms with Crippen molar-refractivity contribution >= 4 is 5.69 Å². The number of nitrogens with zero attached hydrogens (tertiary/aromatic N) is 2. The van der Waals surface area contributed by atoms with Gasteiger partial charge in [0.25, 0.3) is 0 Å². The van der Waals surface area contributed by atoms with Crippen molar-refractivity contribution in [1.29, 1.82) is 5.26 Å². The number of benzene rings is 1. The molecule has 0 aliphatic carbocycles. The van der Waals surface area contributed by atoms with Gasteiger partial charge in [0.15, 0.2) is 0 Å². The minimum absolute atomic E-state index is 0.248. The van der Waals surface area contributed by atoms with Gasteiger partial charge in [-0.2, -0.15) is 5.26 Å². The van der Waals surface area contributed by atoms with E-state index in [1.54, 1.807) is 0 Å². The molecule has 1 aromatic rings. The fourth-order valence-electron chi connectivity index (χ4n) is 2.02. The molecule has 1 heterocycles. The molecular weight excluding hydrogens is 186 g/mol. The molecule has 0 amide bonds. The van der Waals surface area contributed by atoms with Crippen molar-refractivity contribution in [3.63, 3.8) is 0 Å². The van der Waals surface area contributed by atoms with Gasteiger partial charge in [-0.05, 0) is 31.0 Å². The topological polar surface area (TPSA) is 53.0 Å². The van der Waals surface area contributed by atoms with E-state index in [0.29, 0.717) is 0 Å². The monoisotopic (exact) mass is 201 g/mol. The summed E-state index contributed by atoms with van der Waals surface area (Å²) in [5.41, 5.74) is 8.76. The Morgan fingerprint density at radius 3 is 2.93 bits per heavy atom. The van der Waals surface area contributed by atoms with Gasteiger partial charge in [-0.3, -0.25) is 0 Å². The lowest BCUT2D eigenvalue weighted by atomic mass is 10.1. The summed E-state index contributed by atoms with van der Waals surface area (Å²) in [6.45, 7) is 3.82. The van der Waals surface area contributed by atoms with Gasteiger partial charge in [0.2, 0.25) is 0 Å². The minimum Gasteiger partial charge on any atom is -0.369 e. The predicted molar refractivity (Wildman–Crippen MR) is 60.7 cm³/mol. The van der Waals surface area contributed by atoms with Crippen LogP contribution >= 0.6 is 0 Å². The molecule has 2 N–H and O–H groups in total. The quantitative estimate of drug-likeness (QED) is 0.747. The van der Waals surface area contributed by atoms with Crippen molar-refractivity contribution < 1.29 is 0 Å². The molecule has 1 aromatic carbocycles. The summed E-state index contributed by atoms with van der Waals surface area (Å²) >= 11 is 0. The van der Waals surface area contributed by atoms with Crippen LogP contribution in [-0.4, -0.2) is 19.1 Å². The Balaban J connectivity index is 2.32. The first-order valence-corrected chi connectivity index (χ1v) is 5.22. The van der Waals surface area contributed by atoms with Crippen LogP contribution in [-0.2, 0) is 0 Å². The highest BCUT2D eigenvalue weighted by Crippen LogP contribution is 2.24. The molecule has 3 nitrogen and oxygen atoms in total. The Bertz CT molecular complexity index is 406. The lowest BCUT2D eigenvalue weighted by molar-refractivity contribution is 0.752. The Hall–Kier alpha value is -1.53. The van der Waals surface area contributed by atoms with Crippen LogP contribution in [0.25, 0.3) is 0 Å². The van der Waals surface area contributed by atoms with Crippen LogP contribution in [0, 0.1) is 18.3 Å². The van der Waals surface area contributed by atoms with E-state index in [-0.39, 0.29) is 6.04 Å². The molecule has 1 aliphatic heterocycles. The van der Waals surface area contributed by atoms with Gasteiger partial charge in [0.05, 0.1) is 11.3 Å². The van der Waals surface area contributed by atoms with E-state index >= 15 is 0 Å². The van der Waals surface area contributed by atoms with E-state index in [9.17, 15) is 0 Å². The third-order valence-corrected chi connectivity index (χ3v) is 2.84. The highest BCUT2D eigenvalue weighted by atomic mass is 15.2. The standard InChI is InChI=1S/C12H15N3/c1-9-2-3-12(10(6-9)7-13)15-5-4-11(14)8-15/h2-3,6,11H,4-5,8,14H2,1H3. The van der Waals surface area contributed by atoms with E-state index in [2.05, 4.69) is 11.0 Å². The van der Waals surface area contributed by atoms with Crippen LogP contribution < -0.4 is 10.6 Å². The van der Waals surface area contributed by atoms with Gasteiger partial charge in [-0.25, -0.2) is 0 Å². The summed E-state index contributed by atoms with van der Waals surface area (Å²) < 4.78 is 0. The van der Waals surface area contributed by atoms with Gasteiger partial charge >= 0.3 is 0 Å². The molecule has 2 rings (SSSR count). The average molecular weight is 201 g/mol. The molecule has 1 unspecified atom stereocenters. The van der Waals surface area contributed by atoms with Crippen LogP contribution in [0.1, 0.15) is 17.5 Å². The van der Waals surface area contributed by atoms with Crippen molar-refractivity contribution in [1.82, 2.24) is 0 Å². The lowest BCUT2D eigenvalue weighted by Gasteiger charge is -2.19.